The minimum atomic E-state index is -2.45. The van der Waals surface area contributed by atoms with Gasteiger partial charge < -0.3 is 23.9 Å². The highest BCUT2D eigenvalue weighted by Crippen LogP contribution is 2.21. The van der Waals surface area contributed by atoms with Crippen molar-refractivity contribution in [3.05, 3.63) is 34.3 Å². The van der Waals surface area contributed by atoms with Gasteiger partial charge in [0.15, 0.2) is 0 Å². The number of rotatable bonds is 11. The Balaban J connectivity index is 1.19. The van der Waals surface area contributed by atoms with Crippen molar-refractivity contribution in [1.29, 1.82) is 0 Å². The van der Waals surface area contributed by atoms with Gasteiger partial charge in [-0.3, -0.25) is 9.89 Å². The smallest absolute Gasteiger partial charge is 0.372 e. The maximum Gasteiger partial charge on any atom is 0.501 e. The Kier molecular flexibility index (Phi) is 10.2. The number of aliphatic imine (C=N–C) groups is 1. The second-order valence-corrected chi connectivity index (χ2v) is 10.9. The standard InChI is InChI=1S/C20H33BrN4O3Si/c21-20-4-2-19(3-5-20)18-24-10-9-23-8-7-22-6-1-17-29-26-14-11-25(12-15-27-29)13-16-28-29/h2-5,18,22-23H,1,6-17H2. The molecule has 0 spiro atoms. The molecule has 0 aliphatic carbocycles. The number of nitrogens with zero attached hydrogens (tertiary/aromatic N) is 2. The lowest BCUT2D eigenvalue weighted by Gasteiger charge is -2.38. The lowest BCUT2D eigenvalue weighted by atomic mass is 10.2. The molecule has 9 heteroatoms. The van der Waals surface area contributed by atoms with E-state index in [1.807, 2.05) is 18.3 Å². The van der Waals surface area contributed by atoms with Gasteiger partial charge in [0, 0.05) is 56.0 Å². The summed E-state index contributed by atoms with van der Waals surface area (Å²) in [6, 6.07) is 9.06. The minimum Gasteiger partial charge on any atom is -0.372 e. The van der Waals surface area contributed by atoms with Crippen molar-refractivity contribution in [1.82, 2.24) is 15.5 Å². The lowest BCUT2D eigenvalue weighted by molar-refractivity contribution is -0.00849. The van der Waals surface area contributed by atoms with E-state index in [9.17, 15) is 0 Å². The number of fused-ring (bicyclic) bond motifs is 6. The molecule has 2 N–H and O–H groups in total. The summed E-state index contributed by atoms with van der Waals surface area (Å²) in [4.78, 5) is 6.80. The maximum atomic E-state index is 6.06. The molecule has 0 atom stereocenters. The molecule has 7 nitrogen and oxygen atoms in total. The molecule has 0 saturated carbocycles. The predicted molar refractivity (Wildman–Crippen MR) is 122 cm³/mol. The summed E-state index contributed by atoms with van der Waals surface area (Å²) in [5.74, 6) is 0. The van der Waals surface area contributed by atoms with Crippen molar-refractivity contribution in [2.45, 2.75) is 12.5 Å². The molecule has 3 heterocycles. The van der Waals surface area contributed by atoms with Crippen LogP contribution in [0.5, 0.6) is 0 Å². The summed E-state index contributed by atoms with van der Waals surface area (Å²) in [5, 5.41) is 6.90. The van der Waals surface area contributed by atoms with Gasteiger partial charge in [-0.1, -0.05) is 28.1 Å². The number of benzene rings is 1. The van der Waals surface area contributed by atoms with E-state index in [0.29, 0.717) is 0 Å². The molecule has 0 amide bonds. The molecule has 3 saturated heterocycles. The van der Waals surface area contributed by atoms with Crippen LogP contribution >= 0.6 is 15.9 Å². The third-order valence-electron chi connectivity index (χ3n) is 5.03. The maximum absolute atomic E-state index is 6.06. The van der Waals surface area contributed by atoms with Crippen molar-refractivity contribution >= 4 is 30.9 Å². The number of nitrogens with one attached hydrogen (secondary N) is 2. The van der Waals surface area contributed by atoms with Crippen molar-refractivity contribution in [2.75, 3.05) is 72.2 Å². The van der Waals surface area contributed by atoms with Crippen LogP contribution in [0.3, 0.4) is 0 Å². The molecular weight excluding hydrogens is 452 g/mol. The SMILES string of the molecule is Brc1ccc(C=NCCNCCNCCC[Si]23OCCN(CCO2)CCO3)cc1. The van der Waals surface area contributed by atoms with Gasteiger partial charge in [-0.2, -0.15) is 0 Å². The summed E-state index contributed by atoms with van der Waals surface area (Å²) >= 11 is 3.44. The Bertz CT molecular complexity index is 594. The van der Waals surface area contributed by atoms with E-state index in [0.717, 1.165) is 94.7 Å². The quantitative estimate of drug-likeness (QED) is 0.283. The average molecular weight is 485 g/mol. The second-order valence-electron chi connectivity index (χ2n) is 7.26. The van der Waals surface area contributed by atoms with Crippen LogP contribution in [0.1, 0.15) is 12.0 Å². The van der Waals surface area contributed by atoms with Gasteiger partial charge in [0.25, 0.3) is 0 Å². The van der Waals surface area contributed by atoms with Gasteiger partial charge in [-0.15, -0.1) is 0 Å². The van der Waals surface area contributed by atoms with Crippen molar-refractivity contribution in [3.8, 4) is 0 Å². The molecular formula is C20H33BrN4O3Si. The first-order valence-corrected chi connectivity index (χ1v) is 13.3. The summed E-state index contributed by atoms with van der Waals surface area (Å²) < 4.78 is 19.3. The first-order chi connectivity index (χ1) is 14.3. The van der Waals surface area contributed by atoms with E-state index < -0.39 is 8.80 Å². The van der Waals surface area contributed by atoms with Crippen molar-refractivity contribution in [3.63, 3.8) is 0 Å². The third-order valence-corrected chi connectivity index (χ3v) is 8.46. The largest absolute Gasteiger partial charge is 0.501 e. The van der Waals surface area contributed by atoms with E-state index in [1.54, 1.807) is 0 Å². The highest BCUT2D eigenvalue weighted by Gasteiger charge is 2.43. The zero-order valence-corrected chi connectivity index (χ0v) is 19.7. The van der Waals surface area contributed by atoms with E-state index in [1.165, 1.54) is 0 Å². The van der Waals surface area contributed by atoms with Crippen LogP contribution < -0.4 is 10.6 Å². The molecule has 0 unspecified atom stereocenters. The zero-order valence-electron chi connectivity index (χ0n) is 17.1. The molecule has 4 rings (SSSR count). The van der Waals surface area contributed by atoms with E-state index in [-0.39, 0.29) is 0 Å². The fraction of sp³-hybridized carbons (Fsp3) is 0.650. The molecule has 3 aliphatic heterocycles. The summed E-state index contributed by atoms with van der Waals surface area (Å²) in [7, 11) is -2.45. The molecule has 29 heavy (non-hydrogen) atoms. The fourth-order valence-electron chi connectivity index (χ4n) is 3.39. The van der Waals surface area contributed by atoms with Crippen LogP contribution in [0.4, 0.5) is 0 Å². The molecule has 3 fully saturated rings. The molecule has 3 aliphatic rings. The highest BCUT2D eigenvalue weighted by atomic mass is 79.9. The number of halogens is 1. The monoisotopic (exact) mass is 484 g/mol. The highest BCUT2D eigenvalue weighted by molar-refractivity contribution is 9.10. The zero-order chi connectivity index (χ0) is 20.2. The summed E-state index contributed by atoms with van der Waals surface area (Å²) in [6.07, 6.45) is 2.94. The second kappa shape index (κ2) is 12.9. The van der Waals surface area contributed by atoms with Crippen molar-refractivity contribution in [2.24, 2.45) is 4.99 Å². The van der Waals surface area contributed by atoms with E-state index in [4.69, 9.17) is 13.3 Å². The number of hydrogen-bond donors (Lipinski definition) is 2. The minimum absolute atomic E-state index is 0.730. The fourth-order valence-corrected chi connectivity index (χ4v) is 6.15. The Morgan fingerprint density at radius 3 is 2.21 bits per heavy atom. The van der Waals surface area contributed by atoms with Crippen molar-refractivity contribution < 1.29 is 13.3 Å². The molecule has 1 aromatic carbocycles. The van der Waals surface area contributed by atoms with Crippen LogP contribution in [0.15, 0.2) is 33.7 Å². The van der Waals surface area contributed by atoms with E-state index >= 15 is 0 Å². The van der Waals surface area contributed by atoms with Crippen LogP contribution in [-0.4, -0.2) is 92.1 Å². The molecule has 162 valence electrons. The van der Waals surface area contributed by atoms with Gasteiger partial charge in [0.2, 0.25) is 0 Å². The topological polar surface area (TPSA) is 67.4 Å². The molecule has 0 radical (unpaired) electrons. The number of hydrogen-bond acceptors (Lipinski definition) is 7. The average Bonchev–Trinajstić information content (AvgIpc) is 2.68. The van der Waals surface area contributed by atoms with Crippen LogP contribution in [0.25, 0.3) is 0 Å². The van der Waals surface area contributed by atoms with Gasteiger partial charge >= 0.3 is 8.80 Å². The van der Waals surface area contributed by atoms with Gasteiger partial charge in [0.05, 0.1) is 26.4 Å². The summed E-state index contributed by atoms with van der Waals surface area (Å²) in [6.45, 7) is 9.70. The first kappa shape index (κ1) is 23.0. The lowest BCUT2D eigenvalue weighted by Crippen LogP contribution is -2.55. The molecule has 1 aromatic rings. The van der Waals surface area contributed by atoms with Crippen LogP contribution in [-0.2, 0) is 13.3 Å². The Morgan fingerprint density at radius 2 is 1.55 bits per heavy atom. The Morgan fingerprint density at radius 1 is 0.931 bits per heavy atom. The molecule has 2 bridgehead atoms. The van der Waals surface area contributed by atoms with Crippen LogP contribution in [0, 0.1) is 0 Å². The predicted octanol–water partition coefficient (Wildman–Crippen LogP) is 1.76. The first-order valence-electron chi connectivity index (χ1n) is 10.6. The molecule has 0 aromatic heterocycles. The van der Waals surface area contributed by atoms with Gasteiger partial charge in [-0.25, -0.2) is 0 Å². The normalized spacial score (nSPS) is 25.1. The Labute approximate surface area is 183 Å². The third kappa shape index (κ3) is 8.54. The van der Waals surface area contributed by atoms with Gasteiger partial charge in [0.1, 0.15) is 0 Å². The Hall–Kier alpha value is -0.653. The van der Waals surface area contributed by atoms with Crippen LogP contribution in [0.2, 0.25) is 6.04 Å². The van der Waals surface area contributed by atoms with E-state index in [2.05, 4.69) is 48.6 Å². The van der Waals surface area contributed by atoms with Gasteiger partial charge in [-0.05, 0) is 30.7 Å². The summed E-state index contributed by atoms with van der Waals surface area (Å²) in [5.41, 5.74) is 1.13.